The second-order valence-electron chi connectivity index (χ2n) is 2.36. The average molecular weight is 169 g/mol. The molecule has 1 saturated carbocycles. The Morgan fingerprint density at radius 3 is 2.36 bits per heavy atom. The van der Waals surface area contributed by atoms with Crippen molar-refractivity contribution in [2.75, 3.05) is 0 Å². The highest BCUT2D eigenvalue weighted by molar-refractivity contribution is 5.65. The molecule has 0 unspecified atom stereocenters. The van der Waals surface area contributed by atoms with Gasteiger partial charge in [0.15, 0.2) is 0 Å². The maximum Gasteiger partial charge on any atom is 0.404 e. The second-order valence-corrected chi connectivity index (χ2v) is 2.36. The molecule has 2 atom stereocenters. The summed E-state index contributed by atoms with van der Waals surface area (Å²) >= 11 is 0. The van der Waals surface area contributed by atoms with Crippen LogP contribution in [0, 0.1) is 5.92 Å². The molecule has 1 aliphatic carbocycles. The van der Waals surface area contributed by atoms with Crippen LogP contribution in [-0.4, -0.2) is 18.4 Å². The molecule has 1 amide bonds. The van der Waals surface area contributed by atoms with Gasteiger partial charge in [-0.3, -0.25) is 0 Å². The third-order valence-electron chi connectivity index (χ3n) is 1.42. The maximum atomic E-state index is 11.7. The fourth-order valence-electron chi connectivity index (χ4n) is 0.796. The van der Waals surface area contributed by atoms with E-state index in [9.17, 15) is 18.0 Å². The molecule has 0 aliphatic heterocycles. The van der Waals surface area contributed by atoms with Gasteiger partial charge in [0.25, 0.3) is 0 Å². The van der Waals surface area contributed by atoms with Crippen molar-refractivity contribution >= 4 is 6.09 Å². The van der Waals surface area contributed by atoms with E-state index in [0.717, 1.165) is 0 Å². The van der Waals surface area contributed by atoms with Crippen LogP contribution in [0.4, 0.5) is 18.0 Å². The molecule has 2 N–H and O–H groups in total. The van der Waals surface area contributed by atoms with Crippen molar-refractivity contribution in [3.8, 4) is 0 Å². The lowest BCUT2D eigenvalue weighted by molar-refractivity contribution is -0.154. The fraction of sp³-hybridized carbons (Fsp3) is 0.800. The van der Waals surface area contributed by atoms with Gasteiger partial charge < -0.3 is 10.5 Å². The predicted molar refractivity (Wildman–Crippen MR) is 28.6 cm³/mol. The Morgan fingerprint density at radius 2 is 2.09 bits per heavy atom. The van der Waals surface area contributed by atoms with Crippen molar-refractivity contribution in [1.29, 1.82) is 0 Å². The van der Waals surface area contributed by atoms with Crippen molar-refractivity contribution in [2.24, 2.45) is 11.7 Å². The van der Waals surface area contributed by atoms with Gasteiger partial charge in [-0.15, -0.1) is 0 Å². The standard InChI is InChI=1S/C5H6F3NO2/c6-5(7,8)2-1-3(2)11-4(9)10/h2-3H,1H2,(H2,9,10)/t2-,3-/m0/s1. The van der Waals surface area contributed by atoms with Gasteiger partial charge in [0.1, 0.15) is 6.10 Å². The minimum Gasteiger partial charge on any atom is -0.446 e. The van der Waals surface area contributed by atoms with Crippen LogP contribution < -0.4 is 5.73 Å². The molecule has 0 heterocycles. The van der Waals surface area contributed by atoms with Gasteiger partial charge >= 0.3 is 12.3 Å². The van der Waals surface area contributed by atoms with E-state index in [1.807, 2.05) is 0 Å². The minimum atomic E-state index is -4.26. The third kappa shape index (κ3) is 1.99. The monoisotopic (exact) mass is 169 g/mol. The SMILES string of the molecule is NC(=O)O[C@H]1C[C@@H]1C(F)(F)F. The van der Waals surface area contributed by atoms with E-state index in [0.29, 0.717) is 0 Å². The van der Waals surface area contributed by atoms with Crippen LogP contribution in [0.15, 0.2) is 0 Å². The number of hydrogen-bond donors (Lipinski definition) is 1. The van der Waals surface area contributed by atoms with E-state index < -0.39 is 24.3 Å². The smallest absolute Gasteiger partial charge is 0.404 e. The first-order valence-corrected chi connectivity index (χ1v) is 2.94. The number of halogens is 3. The molecule has 0 radical (unpaired) electrons. The van der Waals surface area contributed by atoms with Crippen LogP contribution >= 0.6 is 0 Å². The molecule has 0 bridgehead atoms. The number of primary amides is 1. The molecule has 3 nitrogen and oxygen atoms in total. The van der Waals surface area contributed by atoms with Gasteiger partial charge in [-0.05, 0) is 0 Å². The molecular formula is C5H6F3NO2. The highest BCUT2D eigenvalue weighted by atomic mass is 19.4. The van der Waals surface area contributed by atoms with Gasteiger partial charge in [-0.2, -0.15) is 13.2 Å². The molecule has 64 valence electrons. The van der Waals surface area contributed by atoms with Crippen LogP contribution in [0.25, 0.3) is 0 Å². The van der Waals surface area contributed by atoms with Crippen LogP contribution in [0.5, 0.6) is 0 Å². The zero-order valence-electron chi connectivity index (χ0n) is 5.39. The number of carbonyl (C=O) groups is 1. The number of hydrogen-bond acceptors (Lipinski definition) is 2. The van der Waals surface area contributed by atoms with Crippen LogP contribution in [0.2, 0.25) is 0 Å². The predicted octanol–water partition coefficient (Wildman–Crippen LogP) is 1.03. The largest absolute Gasteiger partial charge is 0.446 e. The Hall–Kier alpha value is -0.940. The van der Waals surface area contributed by atoms with Crippen molar-refractivity contribution in [3.05, 3.63) is 0 Å². The van der Waals surface area contributed by atoms with Crippen molar-refractivity contribution < 1.29 is 22.7 Å². The molecule has 6 heteroatoms. The summed E-state index contributed by atoms with van der Waals surface area (Å²) in [5.74, 6) is -1.50. The van der Waals surface area contributed by atoms with Gasteiger partial charge in [0.05, 0.1) is 5.92 Å². The summed E-state index contributed by atoms with van der Waals surface area (Å²) in [6, 6.07) is 0. The van der Waals surface area contributed by atoms with Gasteiger partial charge in [0.2, 0.25) is 0 Å². The fourth-order valence-corrected chi connectivity index (χ4v) is 0.796. The lowest BCUT2D eigenvalue weighted by Crippen LogP contribution is -2.20. The molecule has 0 saturated heterocycles. The lowest BCUT2D eigenvalue weighted by atomic mass is 10.4. The summed E-state index contributed by atoms with van der Waals surface area (Å²) < 4.78 is 39.2. The number of alkyl halides is 3. The van der Waals surface area contributed by atoms with E-state index in [4.69, 9.17) is 0 Å². The molecule has 1 aliphatic rings. The summed E-state index contributed by atoms with van der Waals surface area (Å²) in [5.41, 5.74) is 4.51. The zero-order valence-corrected chi connectivity index (χ0v) is 5.39. The third-order valence-corrected chi connectivity index (χ3v) is 1.42. The Kier molecular flexibility index (Phi) is 1.69. The summed E-state index contributed by atoms with van der Waals surface area (Å²) in [5, 5.41) is 0. The Labute approximate surface area is 60.3 Å². The molecule has 0 aromatic carbocycles. The van der Waals surface area contributed by atoms with Crippen molar-refractivity contribution in [3.63, 3.8) is 0 Å². The van der Waals surface area contributed by atoms with Crippen molar-refractivity contribution in [1.82, 2.24) is 0 Å². The summed E-state index contributed by atoms with van der Waals surface area (Å²) in [4.78, 5) is 9.95. The number of amides is 1. The molecule has 0 aromatic heterocycles. The summed E-state index contributed by atoms with van der Waals surface area (Å²) in [6.07, 6.45) is -6.62. The molecule has 1 fully saturated rings. The Bertz CT molecular complexity index is 179. The van der Waals surface area contributed by atoms with Crippen molar-refractivity contribution in [2.45, 2.75) is 18.7 Å². The average Bonchev–Trinajstić information content (AvgIpc) is 2.40. The molecular weight excluding hydrogens is 163 g/mol. The Balaban J connectivity index is 2.32. The number of ether oxygens (including phenoxy) is 1. The summed E-state index contributed by atoms with van der Waals surface area (Å²) in [7, 11) is 0. The Morgan fingerprint density at radius 1 is 1.55 bits per heavy atom. The first-order chi connectivity index (χ1) is 4.91. The first-order valence-electron chi connectivity index (χ1n) is 2.94. The normalized spacial score (nSPS) is 29.7. The second kappa shape index (κ2) is 2.28. The lowest BCUT2D eigenvalue weighted by Gasteiger charge is -2.03. The maximum absolute atomic E-state index is 11.7. The highest BCUT2D eigenvalue weighted by Crippen LogP contribution is 2.46. The number of carbonyl (C=O) groups excluding carboxylic acids is 1. The van der Waals surface area contributed by atoms with E-state index in [-0.39, 0.29) is 6.42 Å². The van der Waals surface area contributed by atoms with Gasteiger partial charge in [0, 0.05) is 6.42 Å². The van der Waals surface area contributed by atoms with E-state index in [2.05, 4.69) is 10.5 Å². The first kappa shape index (κ1) is 8.16. The van der Waals surface area contributed by atoms with E-state index in [1.165, 1.54) is 0 Å². The van der Waals surface area contributed by atoms with Gasteiger partial charge in [-0.25, -0.2) is 4.79 Å². The van der Waals surface area contributed by atoms with Crippen LogP contribution in [-0.2, 0) is 4.74 Å². The quantitative estimate of drug-likeness (QED) is 0.637. The van der Waals surface area contributed by atoms with E-state index >= 15 is 0 Å². The minimum absolute atomic E-state index is 0.160. The summed E-state index contributed by atoms with van der Waals surface area (Å²) in [6.45, 7) is 0. The molecule has 1 rings (SSSR count). The molecule has 11 heavy (non-hydrogen) atoms. The van der Waals surface area contributed by atoms with Crippen LogP contribution in [0.1, 0.15) is 6.42 Å². The number of rotatable bonds is 1. The number of nitrogens with two attached hydrogens (primary N) is 1. The molecule has 0 spiro atoms. The van der Waals surface area contributed by atoms with E-state index in [1.54, 1.807) is 0 Å². The van der Waals surface area contributed by atoms with Gasteiger partial charge in [-0.1, -0.05) is 0 Å². The zero-order chi connectivity index (χ0) is 8.65. The molecule has 0 aromatic rings. The van der Waals surface area contributed by atoms with Crippen LogP contribution in [0.3, 0.4) is 0 Å². The highest BCUT2D eigenvalue weighted by Gasteiger charge is 2.58. The topological polar surface area (TPSA) is 52.3 Å².